The molecule has 130 valence electrons. The fourth-order valence-corrected chi connectivity index (χ4v) is 4.61. The van der Waals surface area contributed by atoms with E-state index in [0.717, 1.165) is 53.4 Å². The first-order chi connectivity index (χ1) is 11.5. The molecular weight excluding hydrogens is 320 g/mol. The van der Waals surface area contributed by atoms with Crippen LogP contribution in [0.5, 0.6) is 5.75 Å². The van der Waals surface area contributed by atoms with Crippen LogP contribution in [0.1, 0.15) is 32.1 Å². The largest absolute Gasteiger partial charge is 0.494 e. The van der Waals surface area contributed by atoms with Gasteiger partial charge < -0.3 is 9.72 Å². The number of aromatic nitrogens is 1. The Bertz CT molecular complexity index is 710. The molecule has 2 unspecified atom stereocenters. The molecule has 1 N–H and O–H groups in total. The van der Waals surface area contributed by atoms with Crippen molar-refractivity contribution < 1.29 is 4.74 Å². The molecule has 1 aromatic heterocycles. The third kappa shape index (κ3) is 4.08. The van der Waals surface area contributed by atoms with E-state index >= 15 is 0 Å². The molecule has 1 aliphatic rings. The highest BCUT2D eigenvalue weighted by atomic mass is 32.1. The van der Waals surface area contributed by atoms with E-state index in [1.165, 1.54) is 17.8 Å². The van der Waals surface area contributed by atoms with E-state index in [2.05, 4.69) is 23.7 Å². The SMILES string of the molecule is CCOc1ccc(-c2[nH]c(=O)sc2CN2CC(C)CC(C)C2)cc1. The quantitative estimate of drug-likeness (QED) is 0.891. The summed E-state index contributed by atoms with van der Waals surface area (Å²) in [5.74, 6) is 2.30. The van der Waals surface area contributed by atoms with E-state index in [9.17, 15) is 4.79 Å². The standard InChI is InChI=1S/C19H26N2O2S/c1-4-23-16-7-5-15(6-8-16)18-17(24-19(22)20-18)12-21-10-13(2)9-14(3)11-21/h5-8,13-14H,4,9-12H2,1-3H3,(H,20,22). The highest BCUT2D eigenvalue weighted by Gasteiger charge is 2.23. The van der Waals surface area contributed by atoms with Gasteiger partial charge in [-0.3, -0.25) is 9.69 Å². The average Bonchev–Trinajstić information content (AvgIpc) is 2.88. The second-order valence-electron chi connectivity index (χ2n) is 6.91. The lowest BCUT2D eigenvalue weighted by molar-refractivity contribution is 0.135. The Labute approximate surface area is 147 Å². The zero-order valence-electron chi connectivity index (χ0n) is 14.7. The van der Waals surface area contributed by atoms with Crippen LogP contribution >= 0.6 is 11.3 Å². The fourth-order valence-electron chi connectivity index (χ4n) is 3.71. The van der Waals surface area contributed by atoms with E-state index in [4.69, 9.17) is 4.74 Å². The zero-order valence-corrected chi connectivity index (χ0v) is 15.5. The molecule has 1 aliphatic heterocycles. The average molecular weight is 346 g/mol. The summed E-state index contributed by atoms with van der Waals surface area (Å²) in [4.78, 5) is 18.6. The Morgan fingerprint density at radius 1 is 1.21 bits per heavy atom. The first kappa shape index (κ1) is 17.2. The van der Waals surface area contributed by atoms with Gasteiger partial charge in [-0.05, 0) is 55.0 Å². The van der Waals surface area contributed by atoms with Crippen molar-refractivity contribution in [3.8, 4) is 17.0 Å². The number of piperidine rings is 1. The van der Waals surface area contributed by atoms with E-state index in [1.807, 2.05) is 31.2 Å². The molecule has 1 saturated heterocycles. The molecule has 0 saturated carbocycles. The van der Waals surface area contributed by atoms with Gasteiger partial charge >= 0.3 is 4.87 Å². The van der Waals surface area contributed by atoms with E-state index < -0.39 is 0 Å². The third-order valence-electron chi connectivity index (χ3n) is 4.49. The predicted octanol–water partition coefficient (Wildman–Crippen LogP) is 3.98. The van der Waals surface area contributed by atoms with Gasteiger partial charge in [-0.2, -0.15) is 0 Å². The number of ether oxygens (including phenoxy) is 1. The molecule has 0 aliphatic carbocycles. The summed E-state index contributed by atoms with van der Waals surface area (Å²) in [6.45, 7) is 10.3. The van der Waals surface area contributed by atoms with Crippen LogP contribution in [0.15, 0.2) is 29.1 Å². The minimum Gasteiger partial charge on any atom is -0.494 e. The van der Waals surface area contributed by atoms with E-state index in [0.29, 0.717) is 6.61 Å². The zero-order chi connectivity index (χ0) is 17.1. The molecule has 0 spiro atoms. The van der Waals surface area contributed by atoms with Crippen molar-refractivity contribution in [2.24, 2.45) is 11.8 Å². The number of rotatable bonds is 5. The summed E-state index contributed by atoms with van der Waals surface area (Å²) in [6.07, 6.45) is 1.30. The maximum absolute atomic E-state index is 11.9. The molecular formula is C19H26N2O2S. The maximum Gasteiger partial charge on any atom is 0.305 e. The van der Waals surface area contributed by atoms with Crippen molar-refractivity contribution in [3.63, 3.8) is 0 Å². The monoisotopic (exact) mass is 346 g/mol. The Hall–Kier alpha value is -1.59. The molecule has 5 heteroatoms. The highest BCUT2D eigenvalue weighted by Crippen LogP contribution is 2.29. The summed E-state index contributed by atoms with van der Waals surface area (Å²) in [6, 6.07) is 7.97. The summed E-state index contributed by atoms with van der Waals surface area (Å²) in [5.41, 5.74) is 2.00. The lowest BCUT2D eigenvalue weighted by Crippen LogP contribution is -2.38. The molecule has 0 amide bonds. The van der Waals surface area contributed by atoms with Crippen LogP contribution < -0.4 is 9.61 Å². The molecule has 4 nitrogen and oxygen atoms in total. The maximum atomic E-state index is 11.9. The molecule has 0 bridgehead atoms. The molecule has 2 atom stereocenters. The number of H-pyrrole nitrogens is 1. The predicted molar refractivity (Wildman–Crippen MR) is 99.8 cm³/mol. The number of hydrogen-bond donors (Lipinski definition) is 1. The van der Waals surface area contributed by atoms with Crippen molar-refractivity contribution in [1.29, 1.82) is 0 Å². The number of aromatic amines is 1. The van der Waals surface area contributed by atoms with Crippen LogP contribution in [0.3, 0.4) is 0 Å². The Balaban J connectivity index is 1.81. The van der Waals surface area contributed by atoms with Gasteiger partial charge in [-0.1, -0.05) is 25.2 Å². The van der Waals surface area contributed by atoms with Gasteiger partial charge in [0.05, 0.1) is 12.3 Å². The van der Waals surface area contributed by atoms with Gasteiger partial charge in [0.1, 0.15) is 5.75 Å². The van der Waals surface area contributed by atoms with Gasteiger partial charge in [0.2, 0.25) is 0 Å². The van der Waals surface area contributed by atoms with Crippen molar-refractivity contribution in [3.05, 3.63) is 38.8 Å². The van der Waals surface area contributed by atoms with Crippen molar-refractivity contribution in [2.45, 2.75) is 33.7 Å². The van der Waals surface area contributed by atoms with Crippen LogP contribution in [-0.4, -0.2) is 29.6 Å². The molecule has 2 aromatic rings. The van der Waals surface area contributed by atoms with Crippen LogP contribution in [0.2, 0.25) is 0 Å². The Kier molecular flexibility index (Phi) is 5.41. The molecule has 1 fully saturated rings. The Morgan fingerprint density at radius 2 is 1.88 bits per heavy atom. The van der Waals surface area contributed by atoms with Gasteiger partial charge in [-0.15, -0.1) is 0 Å². The molecule has 0 radical (unpaired) electrons. The van der Waals surface area contributed by atoms with Crippen LogP contribution in [0, 0.1) is 11.8 Å². The fraction of sp³-hybridized carbons (Fsp3) is 0.526. The molecule has 1 aromatic carbocycles. The smallest absolute Gasteiger partial charge is 0.305 e. The summed E-state index contributed by atoms with van der Waals surface area (Å²) >= 11 is 1.34. The van der Waals surface area contributed by atoms with Crippen LogP contribution in [0.4, 0.5) is 0 Å². The van der Waals surface area contributed by atoms with Gasteiger partial charge in [0, 0.05) is 24.5 Å². The molecule has 24 heavy (non-hydrogen) atoms. The first-order valence-corrected chi connectivity index (χ1v) is 9.54. The number of likely N-dealkylation sites (tertiary alicyclic amines) is 1. The third-order valence-corrected chi connectivity index (χ3v) is 5.35. The van der Waals surface area contributed by atoms with Crippen LogP contribution in [-0.2, 0) is 6.54 Å². The molecule has 3 rings (SSSR count). The van der Waals surface area contributed by atoms with Gasteiger partial charge in [0.25, 0.3) is 0 Å². The Morgan fingerprint density at radius 3 is 2.50 bits per heavy atom. The van der Waals surface area contributed by atoms with Gasteiger partial charge in [-0.25, -0.2) is 0 Å². The van der Waals surface area contributed by atoms with Crippen molar-refractivity contribution in [1.82, 2.24) is 9.88 Å². The summed E-state index contributed by atoms with van der Waals surface area (Å²) in [7, 11) is 0. The minimum atomic E-state index is 0.0204. The highest BCUT2D eigenvalue weighted by molar-refractivity contribution is 7.09. The lowest BCUT2D eigenvalue weighted by atomic mass is 9.92. The van der Waals surface area contributed by atoms with E-state index in [1.54, 1.807) is 0 Å². The first-order valence-electron chi connectivity index (χ1n) is 8.72. The van der Waals surface area contributed by atoms with Gasteiger partial charge in [0.15, 0.2) is 0 Å². The second-order valence-corrected chi connectivity index (χ2v) is 7.98. The van der Waals surface area contributed by atoms with Crippen molar-refractivity contribution >= 4 is 11.3 Å². The van der Waals surface area contributed by atoms with Crippen LogP contribution in [0.25, 0.3) is 11.3 Å². The number of nitrogens with one attached hydrogen (secondary N) is 1. The normalized spacial score (nSPS) is 21.8. The van der Waals surface area contributed by atoms with E-state index in [-0.39, 0.29) is 4.87 Å². The second kappa shape index (κ2) is 7.53. The molecule has 2 heterocycles. The number of benzene rings is 1. The summed E-state index contributed by atoms with van der Waals surface area (Å²) < 4.78 is 5.50. The number of thiazole rings is 1. The van der Waals surface area contributed by atoms with Crippen molar-refractivity contribution in [2.75, 3.05) is 19.7 Å². The topological polar surface area (TPSA) is 45.3 Å². The number of hydrogen-bond acceptors (Lipinski definition) is 4. The number of nitrogens with zero attached hydrogens (tertiary/aromatic N) is 1. The minimum absolute atomic E-state index is 0.0204. The lowest BCUT2D eigenvalue weighted by Gasteiger charge is -2.34. The summed E-state index contributed by atoms with van der Waals surface area (Å²) in [5, 5.41) is 0.